The highest BCUT2D eigenvalue weighted by Crippen LogP contribution is 2.28. The van der Waals surface area contributed by atoms with E-state index in [0.29, 0.717) is 5.75 Å². The van der Waals surface area contributed by atoms with E-state index >= 15 is 0 Å². The largest absolute Gasteiger partial charge is 0.484 e. The number of hydrogen-bond donors (Lipinski definition) is 1. The third kappa shape index (κ3) is 3.29. The molecule has 2 unspecified atom stereocenters. The normalized spacial score (nSPS) is 14.1. The van der Waals surface area contributed by atoms with E-state index in [4.69, 9.17) is 22.1 Å². The van der Waals surface area contributed by atoms with Gasteiger partial charge in [0.25, 0.3) is 0 Å². The molecule has 0 aliphatic rings. The summed E-state index contributed by atoms with van der Waals surface area (Å²) in [5.74, 6) is 0.00545. The van der Waals surface area contributed by atoms with Crippen molar-refractivity contribution in [3.63, 3.8) is 0 Å². The highest BCUT2D eigenvalue weighted by atomic mass is 35.5. The van der Waals surface area contributed by atoms with Crippen molar-refractivity contribution in [1.82, 2.24) is 9.78 Å². The van der Waals surface area contributed by atoms with Gasteiger partial charge in [-0.05, 0) is 18.6 Å². The van der Waals surface area contributed by atoms with Crippen molar-refractivity contribution in [1.29, 1.82) is 0 Å². The number of ether oxygens (including phenoxy) is 1. The molecule has 0 amide bonds. The van der Waals surface area contributed by atoms with Gasteiger partial charge in [-0.15, -0.1) is 0 Å². The maximum Gasteiger partial charge on any atom is 0.142 e. The molecule has 1 heterocycles. The average molecular weight is 298 g/mol. The van der Waals surface area contributed by atoms with E-state index in [0.717, 1.165) is 12.0 Å². The summed E-state index contributed by atoms with van der Waals surface area (Å²) in [6, 6.07) is 4.06. The van der Waals surface area contributed by atoms with Gasteiger partial charge in [-0.3, -0.25) is 4.68 Å². The molecule has 0 saturated heterocycles. The predicted molar refractivity (Wildman–Crippen MR) is 76.3 cm³/mol. The molecule has 2 N–H and O–H groups in total. The van der Waals surface area contributed by atoms with E-state index in [1.807, 2.05) is 20.2 Å². The fraction of sp³-hybridized carbons (Fsp3) is 0.357. The van der Waals surface area contributed by atoms with Crippen molar-refractivity contribution in [3.05, 3.63) is 47.0 Å². The summed E-state index contributed by atoms with van der Waals surface area (Å²) >= 11 is 5.76. The van der Waals surface area contributed by atoms with Gasteiger partial charge in [0.2, 0.25) is 0 Å². The summed E-state index contributed by atoms with van der Waals surface area (Å²) in [7, 11) is 1.83. The van der Waals surface area contributed by atoms with E-state index in [1.54, 1.807) is 10.9 Å². The lowest BCUT2D eigenvalue weighted by atomic mass is 10.0. The van der Waals surface area contributed by atoms with Crippen LogP contribution in [0.1, 0.15) is 25.0 Å². The lowest BCUT2D eigenvalue weighted by Gasteiger charge is -2.23. The second kappa shape index (κ2) is 6.24. The first-order valence-corrected chi connectivity index (χ1v) is 6.75. The Labute approximate surface area is 122 Å². The van der Waals surface area contributed by atoms with Crippen molar-refractivity contribution in [2.75, 3.05) is 0 Å². The zero-order valence-corrected chi connectivity index (χ0v) is 12.1. The first-order valence-electron chi connectivity index (χ1n) is 6.37. The molecule has 4 nitrogen and oxygen atoms in total. The number of benzene rings is 1. The summed E-state index contributed by atoms with van der Waals surface area (Å²) in [4.78, 5) is 0. The third-order valence-electron chi connectivity index (χ3n) is 3.07. The smallest absolute Gasteiger partial charge is 0.142 e. The standard InChI is InChI=1S/C14H17ClFN3O/c1-3-13(17)14(9-7-18-19(2)8-9)20-10-4-5-12(16)11(15)6-10/h4-8,13-14H,3,17H2,1-2H3. The van der Waals surface area contributed by atoms with Crippen LogP contribution in [0.5, 0.6) is 5.75 Å². The Morgan fingerprint density at radius 1 is 1.50 bits per heavy atom. The van der Waals surface area contributed by atoms with Crippen LogP contribution in [0.4, 0.5) is 4.39 Å². The number of halogens is 2. The van der Waals surface area contributed by atoms with Gasteiger partial charge in [0.05, 0.1) is 11.2 Å². The fourth-order valence-corrected chi connectivity index (χ4v) is 2.07. The van der Waals surface area contributed by atoms with Crippen LogP contribution in [0, 0.1) is 5.82 Å². The van der Waals surface area contributed by atoms with Gasteiger partial charge in [0.1, 0.15) is 17.7 Å². The molecule has 2 rings (SSSR count). The molecule has 0 saturated carbocycles. The molecular formula is C14H17ClFN3O. The van der Waals surface area contributed by atoms with Crippen LogP contribution < -0.4 is 10.5 Å². The third-order valence-corrected chi connectivity index (χ3v) is 3.36. The lowest BCUT2D eigenvalue weighted by molar-refractivity contribution is 0.171. The van der Waals surface area contributed by atoms with Gasteiger partial charge in [0.15, 0.2) is 0 Å². The maximum atomic E-state index is 13.2. The van der Waals surface area contributed by atoms with Gasteiger partial charge in [0, 0.05) is 30.9 Å². The molecule has 0 aliphatic heterocycles. The Morgan fingerprint density at radius 2 is 2.25 bits per heavy atom. The second-order valence-corrected chi connectivity index (χ2v) is 5.04. The molecule has 0 bridgehead atoms. The van der Waals surface area contributed by atoms with Crippen LogP contribution in [0.15, 0.2) is 30.6 Å². The van der Waals surface area contributed by atoms with Crippen LogP contribution in [-0.2, 0) is 7.05 Å². The van der Waals surface area contributed by atoms with Gasteiger partial charge in [-0.1, -0.05) is 18.5 Å². The lowest BCUT2D eigenvalue weighted by Crippen LogP contribution is -2.31. The topological polar surface area (TPSA) is 53.1 Å². The molecule has 20 heavy (non-hydrogen) atoms. The van der Waals surface area contributed by atoms with Crippen LogP contribution >= 0.6 is 11.6 Å². The Kier molecular flexibility index (Phi) is 4.62. The number of hydrogen-bond acceptors (Lipinski definition) is 3. The molecule has 0 aliphatic carbocycles. The molecule has 2 atom stereocenters. The van der Waals surface area contributed by atoms with E-state index in [1.165, 1.54) is 18.2 Å². The van der Waals surface area contributed by atoms with Gasteiger partial charge >= 0.3 is 0 Å². The van der Waals surface area contributed by atoms with E-state index in [2.05, 4.69) is 5.10 Å². The highest BCUT2D eigenvalue weighted by Gasteiger charge is 2.22. The summed E-state index contributed by atoms with van der Waals surface area (Å²) in [6.07, 6.45) is 3.96. The second-order valence-electron chi connectivity index (χ2n) is 4.63. The van der Waals surface area contributed by atoms with Gasteiger partial charge in [-0.25, -0.2) is 4.39 Å². The van der Waals surface area contributed by atoms with Gasteiger partial charge in [-0.2, -0.15) is 5.10 Å². The summed E-state index contributed by atoms with van der Waals surface area (Å²) in [5, 5.41) is 4.15. The van der Waals surface area contributed by atoms with Crippen molar-refractivity contribution < 1.29 is 9.13 Å². The highest BCUT2D eigenvalue weighted by molar-refractivity contribution is 6.30. The minimum Gasteiger partial charge on any atom is -0.484 e. The van der Waals surface area contributed by atoms with Crippen molar-refractivity contribution in [2.45, 2.75) is 25.5 Å². The SMILES string of the molecule is CCC(N)C(Oc1ccc(F)c(Cl)c1)c1cnn(C)c1. The number of nitrogens with zero attached hydrogens (tertiary/aromatic N) is 2. The zero-order chi connectivity index (χ0) is 14.7. The average Bonchev–Trinajstić information content (AvgIpc) is 2.85. The molecule has 1 aromatic carbocycles. The molecule has 2 aromatic rings. The minimum absolute atomic E-state index is 0.0255. The van der Waals surface area contributed by atoms with E-state index in [9.17, 15) is 4.39 Å². The summed E-state index contributed by atoms with van der Waals surface area (Å²) in [6.45, 7) is 1.98. The number of aromatic nitrogens is 2. The minimum atomic E-state index is -0.475. The number of rotatable bonds is 5. The van der Waals surface area contributed by atoms with Gasteiger partial charge < -0.3 is 10.5 Å². The van der Waals surface area contributed by atoms with Crippen molar-refractivity contribution >= 4 is 11.6 Å². The van der Waals surface area contributed by atoms with Crippen molar-refractivity contribution in [2.24, 2.45) is 12.8 Å². The fourth-order valence-electron chi connectivity index (χ4n) is 1.90. The Balaban J connectivity index is 2.25. The van der Waals surface area contributed by atoms with E-state index in [-0.39, 0.29) is 17.2 Å². The molecule has 0 fully saturated rings. The molecule has 108 valence electrons. The Morgan fingerprint density at radius 3 is 2.80 bits per heavy atom. The quantitative estimate of drug-likeness (QED) is 0.923. The van der Waals surface area contributed by atoms with Crippen LogP contribution in [-0.4, -0.2) is 15.8 Å². The summed E-state index contributed by atoms with van der Waals surface area (Å²) in [5.41, 5.74) is 6.98. The van der Waals surface area contributed by atoms with E-state index < -0.39 is 5.82 Å². The van der Waals surface area contributed by atoms with Crippen molar-refractivity contribution in [3.8, 4) is 5.75 Å². The number of nitrogens with two attached hydrogens (primary N) is 1. The molecule has 0 spiro atoms. The molecule has 0 radical (unpaired) electrons. The number of aryl methyl sites for hydroxylation is 1. The first-order chi connectivity index (χ1) is 9.51. The molecule has 1 aromatic heterocycles. The Hall–Kier alpha value is -1.59. The summed E-state index contributed by atoms with van der Waals surface area (Å²) < 4.78 is 20.7. The monoisotopic (exact) mass is 297 g/mol. The molecule has 6 heteroatoms. The Bertz CT molecular complexity index is 588. The molecular weight excluding hydrogens is 281 g/mol. The van der Waals surface area contributed by atoms with Crippen LogP contribution in [0.3, 0.4) is 0 Å². The zero-order valence-electron chi connectivity index (χ0n) is 11.4. The van der Waals surface area contributed by atoms with Crippen LogP contribution in [0.25, 0.3) is 0 Å². The first kappa shape index (κ1) is 14.8. The van der Waals surface area contributed by atoms with Crippen LogP contribution in [0.2, 0.25) is 5.02 Å². The maximum absolute atomic E-state index is 13.2. The predicted octanol–water partition coefficient (Wildman–Crippen LogP) is 3.07.